The van der Waals surface area contributed by atoms with Crippen molar-refractivity contribution in [3.63, 3.8) is 0 Å². The monoisotopic (exact) mass is 382 g/mol. The summed E-state index contributed by atoms with van der Waals surface area (Å²) in [6.45, 7) is 3.02. The number of fused-ring (bicyclic) bond motifs is 1. The molecule has 0 aliphatic carbocycles. The molecule has 2 aromatic heterocycles. The third-order valence-corrected chi connectivity index (χ3v) is 5.40. The minimum absolute atomic E-state index is 0.122. The average molecular weight is 382 g/mol. The van der Waals surface area contributed by atoms with Crippen LogP contribution in [0.1, 0.15) is 28.4 Å². The molecule has 3 heterocycles. The van der Waals surface area contributed by atoms with Gasteiger partial charge in [0.1, 0.15) is 0 Å². The van der Waals surface area contributed by atoms with Gasteiger partial charge < -0.3 is 19.5 Å². The zero-order valence-electron chi connectivity index (χ0n) is 15.4. The Bertz CT molecular complexity index is 912. The van der Waals surface area contributed by atoms with Gasteiger partial charge in [-0.25, -0.2) is 0 Å². The molecule has 0 fully saturated rings. The lowest BCUT2D eigenvalue weighted by molar-refractivity contribution is 0.171. The summed E-state index contributed by atoms with van der Waals surface area (Å²) in [5.41, 5.74) is 4.66. The van der Waals surface area contributed by atoms with Gasteiger partial charge in [0.2, 0.25) is 12.5 Å². The van der Waals surface area contributed by atoms with Crippen LogP contribution in [0.5, 0.6) is 17.2 Å². The van der Waals surface area contributed by atoms with Gasteiger partial charge in [0.15, 0.2) is 11.5 Å². The first-order valence-corrected chi connectivity index (χ1v) is 9.81. The molecule has 1 atom stereocenters. The lowest BCUT2D eigenvalue weighted by atomic mass is 10.0. The Morgan fingerprint density at radius 2 is 2.19 bits per heavy atom. The summed E-state index contributed by atoms with van der Waals surface area (Å²) in [5, 5.41) is 7.97. The quantitative estimate of drug-likeness (QED) is 0.662. The summed E-state index contributed by atoms with van der Waals surface area (Å²) in [6.07, 6.45) is 2.75. The van der Waals surface area contributed by atoms with Crippen molar-refractivity contribution in [1.82, 2.24) is 10.3 Å². The van der Waals surface area contributed by atoms with Crippen LogP contribution in [0.2, 0.25) is 0 Å². The number of nitrogens with one attached hydrogen (secondary N) is 1. The number of hydrogen-bond acceptors (Lipinski definition) is 6. The number of thiophene rings is 1. The van der Waals surface area contributed by atoms with Gasteiger partial charge in [-0.05, 0) is 65.1 Å². The number of aryl methyl sites for hydroxylation is 1. The second-order valence-electron chi connectivity index (χ2n) is 6.51. The number of ether oxygens (including phenoxy) is 3. The van der Waals surface area contributed by atoms with E-state index in [0.717, 1.165) is 23.4 Å². The first-order chi connectivity index (χ1) is 13.2. The first kappa shape index (κ1) is 17.8. The highest BCUT2D eigenvalue weighted by Crippen LogP contribution is 2.41. The summed E-state index contributed by atoms with van der Waals surface area (Å²) in [7, 11) is 1.64. The summed E-state index contributed by atoms with van der Waals surface area (Å²) in [6, 6.07) is 10.4. The van der Waals surface area contributed by atoms with Crippen molar-refractivity contribution in [3.8, 4) is 17.2 Å². The normalized spacial score (nSPS) is 13.6. The van der Waals surface area contributed by atoms with E-state index < -0.39 is 0 Å². The molecule has 6 heteroatoms. The fraction of sp³-hybridized carbons (Fsp3) is 0.286. The van der Waals surface area contributed by atoms with Crippen molar-refractivity contribution in [1.29, 1.82) is 0 Å². The van der Waals surface area contributed by atoms with Gasteiger partial charge in [-0.15, -0.1) is 0 Å². The van der Waals surface area contributed by atoms with E-state index in [1.54, 1.807) is 18.4 Å². The number of methoxy groups -OCH3 is 1. The van der Waals surface area contributed by atoms with E-state index in [1.165, 1.54) is 11.1 Å². The van der Waals surface area contributed by atoms with Crippen molar-refractivity contribution in [2.45, 2.75) is 25.9 Å². The van der Waals surface area contributed by atoms with Crippen LogP contribution in [0.4, 0.5) is 0 Å². The zero-order valence-corrected chi connectivity index (χ0v) is 16.2. The molecule has 0 saturated heterocycles. The number of hydrogen-bond donors (Lipinski definition) is 1. The molecular weight excluding hydrogens is 360 g/mol. The highest BCUT2D eigenvalue weighted by atomic mass is 32.1. The molecule has 4 rings (SSSR count). The smallest absolute Gasteiger partial charge is 0.231 e. The topological polar surface area (TPSA) is 52.6 Å². The minimum Gasteiger partial charge on any atom is -0.493 e. The summed E-state index contributed by atoms with van der Waals surface area (Å²) >= 11 is 1.72. The Labute approximate surface area is 162 Å². The molecule has 0 unspecified atom stereocenters. The lowest BCUT2D eigenvalue weighted by Crippen LogP contribution is -2.24. The van der Waals surface area contributed by atoms with E-state index in [-0.39, 0.29) is 12.8 Å². The standard InChI is InChI=1S/C21H22N2O3S/c1-14-4-3-6-22-20(14)17(8-15-5-7-27-12-15)23-11-16-9-18(24-2)21-19(10-16)25-13-26-21/h3-7,9-10,12,17,23H,8,11,13H2,1-2H3/t17-/m0/s1. The molecule has 140 valence electrons. The van der Waals surface area contributed by atoms with E-state index in [0.29, 0.717) is 18.0 Å². The van der Waals surface area contributed by atoms with E-state index in [2.05, 4.69) is 40.1 Å². The molecule has 0 amide bonds. The molecule has 0 radical (unpaired) electrons. The maximum absolute atomic E-state index is 5.54. The van der Waals surface area contributed by atoms with Crippen LogP contribution >= 0.6 is 11.3 Å². The van der Waals surface area contributed by atoms with Crippen molar-refractivity contribution < 1.29 is 14.2 Å². The third-order valence-electron chi connectivity index (χ3n) is 4.67. The first-order valence-electron chi connectivity index (χ1n) is 8.87. The Morgan fingerprint density at radius 1 is 1.26 bits per heavy atom. The largest absolute Gasteiger partial charge is 0.493 e. The predicted octanol–water partition coefficient (Wildman–Crippen LogP) is 4.26. The van der Waals surface area contributed by atoms with E-state index in [4.69, 9.17) is 14.2 Å². The van der Waals surface area contributed by atoms with Crippen LogP contribution in [-0.4, -0.2) is 18.9 Å². The van der Waals surface area contributed by atoms with Crippen LogP contribution in [0.25, 0.3) is 0 Å². The molecule has 3 aromatic rings. The maximum Gasteiger partial charge on any atom is 0.231 e. The molecule has 0 bridgehead atoms. The number of aromatic nitrogens is 1. The number of pyridine rings is 1. The van der Waals surface area contributed by atoms with Gasteiger partial charge in [0.25, 0.3) is 0 Å². The predicted molar refractivity (Wildman–Crippen MR) is 106 cm³/mol. The fourth-order valence-corrected chi connectivity index (χ4v) is 3.98. The van der Waals surface area contributed by atoms with Gasteiger partial charge in [-0.3, -0.25) is 4.98 Å². The number of benzene rings is 1. The van der Waals surface area contributed by atoms with Crippen LogP contribution in [0.3, 0.4) is 0 Å². The van der Waals surface area contributed by atoms with E-state index in [1.807, 2.05) is 24.4 Å². The SMILES string of the molecule is COc1cc(CN[C@@H](Cc2ccsc2)c2ncccc2C)cc2c1OCO2. The maximum atomic E-state index is 5.54. The third kappa shape index (κ3) is 3.91. The molecule has 1 aliphatic rings. The second kappa shape index (κ2) is 7.98. The van der Waals surface area contributed by atoms with Gasteiger partial charge >= 0.3 is 0 Å². The number of rotatable bonds is 7. The highest BCUT2D eigenvalue weighted by Gasteiger charge is 2.21. The Morgan fingerprint density at radius 3 is 2.96 bits per heavy atom. The van der Waals surface area contributed by atoms with Crippen LogP contribution in [0.15, 0.2) is 47.3 Å². The molecular formula is C21H22N2O3S. The molecule has 5 nitrogen and oxygen atoms in total. The van der Waals surface area contributed by atoms with Gasteiger partial charge in [-0.1, -0.05) is 6.07 Å². The van der Waals surface area contributed by atoms with Gasteiger partial charge in [0, 0.05) is 12.7 Å². The van der Waals surface area contributed by atoms with E-state index in [9.17, 15) is 0 Å². The van der Waals surface area contributed by atoms with Crippen LogP contribution in [0, 0.1) is 6.92 Å². The fourth-order valence-electron chi connectivity index (χ4n) is 3.30. The highest BCUT2D eigenvalue weighted by molar-refractivity contribution is 7.07. The van der Waals surface area contributed by atoms with Gasteiger partial charge in [-0.2, -0.15) is 11.3 Å². The molecule has 1 N–H and O–H groups in total. The minimum atomic E-state index is 0.122. The molecule has 1 aliphatic heterocycles. The summed E-state index contributed by atoms with van der Waals surface area (Å²) in [4.78, 5) is 4.63. The summed E-state index contributed by atoms with van der Waals surface area (Å²) < 4.78 is 16.5. The molecule has 27 heavy (non-hydrogen) atoms. The van der Waals surface area contributed by atoms with E-state index >= 15 is 0 Å². The molecule has 1 aromatic carbocycles. The Kier molecular flexibility index (Phi) is 5.27. The van der Waals surface area contributed by atoms with Crippen molar-refractivity contribution in [2.24, 2.45) is 0 Å². The number of nitrogens with zero attached hydrogens (tertiary/aromatic N) is 1. The van der Waals surface area contributed by atoms with Crippen molar-refractivity contribution in [2.75, 3.05) is 13.9 Å². The average Bonchev–Trinajstić information content (AvgIpc) is 3.36. The van der Waals surface area contributed by atoms with Crippen LogP contribution < -0.4 is 19.5 Å². The van der Waals surface area contributed by atoms with Crippen molar-refractivity contribution >= 4 is 11.3 Å². The zero-order chi connectivity index (χ0) is 18.6. The Hall–Kier alpha value is -2.57. The van der Waals surface area contributed by atoms with Crippen molar-refractivity contribution in [3.05, 3.63) is 69.7 Å². The lowest BCUT2D eigenvalue weighted by Gasteiger charge is -2.20. The molecule has 0 saturated carbocycles. The molecule has 0 spiro atoms. The second-order valence-corrected chi connectivity index (χ2v) is 7.29. The summed E-state index contributed by atoms with van der Waals surface area (Å²) in [5.74, 6) is 2.11. The Balaban J connectivity index is 1.56. The van der Waals surface area contributed by atoms with Gasteiger partial charge in [0.05, 0.1) is 18.8 Å². The van der Waals surface area contributed by atoms with Crippen LogP contribution in [-0.2, 0) is 13.0 Å².